The van der Waals surface area contributed by atoms with Crippen molar-refractivity contribution < 1.29 is 29.3 Å². The van der Waals surface area contributed by atoms with E-state index in [1.165, 1.54) is 31.3 Å². The molecule has 2 aromatic rings. The van der Waals surface area contributed by atoms with Gasteiger partial charge in [-0.3, -0.25) is 9.59 Å². The number of carbonyl (C=O) groups excluding carboxylic acids is 2. The SMILES string of the molecule is COCCN1C(=O)C(=O)/C(=C(\O)c2ccc(OC)cc2C)C1c1cccc(O)c1. The van der Waals surface area contributed by atoms with Gasteiger partial charge < -0.3 is 24.6 Å². The molecule has 2 N–H and O–H groups in total. The standard InChI is InChI=1S/C22H23NO6/c1-13-11-16(29-3)7-8-17(13)20(25)18-19(14-5-4-6-15(24)12-14)23(9-10-28-2)22(27)21(18)26/h4-8,11-12,19,24-25H,9-10H2,1-3H3/b20-18-. The summed E-state index contributed by atoms with van der Waals surface area (Å²) in [5.41, 5.74) is 1.62. The van der Waals surface area contributed by atoms with Gasteiger partial charge in [0.05, 0.1) is 25.3 Å². The van der Waals surface area contributed by atoms with E-state index in [0.717, 1.165) is 0 Å². The molecule has 0 aliphatic carbocycles. The molecule has 0 radical (unpaired) electrons. The Kier molecular flexibility index (Phi) is 5.89. The number of methoxy groups -OCH3 is 2. The van der Waals surface area contributed by atoms with Crippen molar-refractivity contribution in [1.82, 2.24) is 4.90 Å². The minimum absolute atomic E-state index is 0.000423. The van der Waals surface area contributed by atoms with Crippen LogP contribution in [-0.4, -0.2) is 54.2 Å². The van der Waals surface area contributed by atoms with E-state index < -0.39 is 17.7 Å². The fourth-order valence-corrected chi connectivity index (χ4v) is 3.52. The number of hydrogen-bond donors (Lipinski definition) is 2. The third-order valence-electron chi connectivity index (χ3n) is 4.95. The first-order valence-electron chi connectivity index (χ1n) is 9.10. The minimum Gasteiger partial charge on any atom is -0.508 e. The van der Waals surface area contributed by atoms with Gasteiger partial charge in [-0.25, -0.2) is 0 Å². The molecule has 0 bridgehead atoms. The molecule has 7 heteroatoms. The van der Waals surface area contributed by atoms with Gasteiger partial charge in [-0.2, -0.15) is 0 Å². The van der Waals surface area contributed by atoms with Crippen LogP contribution in [0.5, 0.6) is 11.5 Å². The van der Waals surface area contributed by atoms with E-state index in [0.29, 0.717) is 22.4 Å². The van der Waals surface area contributed by atoms with Gasteiger partial charge in [0.1, 0.15) is 17.3 Å². The number of amides is 1. The highest BCUT2D eigenvalue weighted by Gasteiger charge is 2.46. The fourth-order valence-electron chi connectivity index (χ4n) is 3.52. The molecule has 7 nitrogen and oxygen atoms in total. The number of carbonyl (C=O) groups is 2. The second-order valence-corrected chi connectivity index (χ2v) is 6.76. The summed E-state index contributed by atoms with van der Waals surface area (Å²) in [7, 11) is 3.04. The van der Waals surface area contributed by atoms with Crippen molar-refractivity contribution in [3.8, 4) is 11.5 Å². The topological polar surface area (TPSA) is 96.3 Å². The van der Waals surface area contributed by atoms with Crippen molar-refractivity contribution in [2.45, 2.75) is 13.0 Å². The van der Waals surface area contributed by atoms with Crippen LogP contribution in [0.15, 0.2) is 48.0 Å². The number of hydrogen-bond acceptors (Lipinski definition) is 6. The lowest BCUT2D eigenvalue weighted by atomic mass is 9.93. The Hall–Kier alpha value is -3.32. The van der Waals surface area contributed by atoms with E-state index in [9.17, 15) is 19.8 Å². The number of Topliss-reactive ketones (excluding diaryl/α,β-unsaturated/α-hetero) is 1. The average Bonchev–Trinajstić information content (AvgIpc) is 2.96. The van der Waals surface area contributed by atoms with Crippen molar-refractivity contribution in [2.24, 2.45) is 0 Å². The highest BCUT2D eigenvalue weighted by Crippen LogP contribution is 2.40. The molecule has 0 spiro atoms. The van der Waals surface area contributed by atoms with E-state index >= 15 is 0 Å². The van der Waals surface area contributed by atoms with Gasteiger partial charge in [-0.05, 0) is 48.4 Å². The molecule has 29 heavy (non-hydrogen) atoms. The monoisotopic (exact) mass is 397 g/mol. The summed E-state index contributed by atoms with van der Waals surface area (Å²) in [6.45, 7) is 2.17. The van der Waals surface area contributed by atoms with Gasteiger partial charge in [0.15, 0.2) is 0 Å². The number of phenolic OH excluding ortho intramolecular Hbond substituents is 1. The zero-order valence-corrected chi connectivity index (χ0v) is 16.5. The van der Waals surface area contributed by atoms with E-state index in [1.54, 1.807) is 37.3 Å². The van der Waals surface area contributed by atoms with E-state index in [4.69, 9.17) is 9.47 Å². The smallest absolute Gasteiger partial charge is 0.295 e. The molecular weight excluding hydrogens is 374 g/mol. The summed E-state index contributed by atoms with van der Waals surface area (Å²) >= 11 is 0. The van der Waals surface area contributed by atoms with Crippen LogP contribution in [0.1, 0.15) is 22.7 Å². The van der Waals surface area contributed by atoms with Crippen molar-refractivity contribution in [1.29, 1.82) is 0 Å². The number of aromatic hydroxyl groups is 1. The maximum atomic E-state index is 12.9. The highest BCUT2D eigenvalue weighted by molar-refractivity contribution is 6.46. The van der Waals surface area contributed by atoms with Crippen molar-refractivity contribution >= 4 is 17.4 Å². The second-order valence-electron chi connectivity index (χ2n) is 6.76. The molecular formula is C22H23NO6. The van der Waals surface area contributed by atoms with Crippen molar-refractivity contribution in [2.75, 3.05) is 27.4 Å². The first kappa shape index (κ1) is 20.4. The molecule has 3 rings (SSSR count). The zero-order chi connectivity index (χ0) is 21.1. The van der Waals surface area contributed by atoms with Crippen LogP contribution in [0, 0.1) is 6.92 Å². The number of likely N-dealkylation sites (tertiary alicyclic amines) is 1. The van der Waals surface area contributed by atoms with E-state index in [1.807, 2.05) is 0 Å². The summed E-state index contributed by atoms with van der Waals surface area (Å²) in [6, 6.07) is 10.5. The number of ether oxygens (including phenoxy) is 2. The predicted molar refractivity (Wildman–Crippen MR) is 107 cm³/mol. The Morgan fingerprint density at radius 3 is 2.52 bits per heavy atom. The number of phenols is 1. The Labute approximate surface area is 168 Å². The van der Waals surface area contributed by atoms with Crippen LogP contribution in [0.2, 0.25) is 0 Å². The first-order chi connectivity index (χ1) is 13.9. The number of aliphatic hydroxyl groups excluding tert-OH is 1. The number of nitrogens with zero attached hydrogens (tertiary/aromatic N) is 1. The van der Waals surface area contributed by atoms with Crippen LogP contribution < -0.4 is 4.74 Å². The average molecular weight is 397 g/mol. The lowest BCUT2D eigenvalue weighted by Gasteiger charge is -2.25. The van der Waals surface area contributed by atoms with E-state index in [2.05, 4.69) is 0 Å². The quantitative estimate of drug-likeness (QED) is 0.442. The van der Waals surface area contributed by atoms with Gasteiger partial charge in [0.25, 0.3) is 11.7 Å². The maximum absolute atomic E-state index is 12.9. The summed E-state index contributed by atoms with van der Waals surface area (Å²) in [5, 5.41) is 20.9. The molecule has 1 aliphatic rings. The molecule has 0 aromatic heterocycles. The Bertz CT molecular complexity index is 981. The van der Waals surface area contributed by atoms with Gasteiger partial charge >= 0.3 is 0 Å². The fraction of sp³-hybridized carbons (Fsp3) is 0.273. The molecule has 2 aromatic carbocycles. The molecule has 1 amide bonds. The Morgan fingerprint density at radius 2 is 1.90 bits per heavy atom. The van der Waals surface area contributed by atoms with Crippen molar-refractivity contribution in [3.05, 3.63) is 64.7 Å². The molecule has 1 atom stereocenters. The second kappa shape index (κ2) is 8.36. The largest absolute Gasteiger partial charge is 0.508 e. The van der Waals surface area contributed by atoms with Crippen LogP contribution in [0.3, 0.4) is 0 Å². The predicted octanol–water partition coefficient (Wildman–Crippen LogP) is 2.78. The summed E-state index contributed by atoms with van der Waals surface area (Å²) in [4.78, 5) is 26.9. The maximum Gasteiger partial charge on any atom is 0.295 e. The number of aliphatic hydroxyl groups is 1. The van der Waals surface area contributed by atoms with Crippen LogP contribution in [0.4, 0.5) is 0 Å². The summed E-state index contributed by atoms with van der Waals surface area (Å²) in [5.74, 6) is -1.15. The lowest BCUT2D eigenvalue weighted by Crippen LogP contribution is -2.32. The summed E-state index contributed by atoms with van der Waals surface area (Å²) < 4.78 is 10.3. The molecule has 1 heterocycles. The Balaban J connectivity index is 2.19. The first-order valence-corrected chi connectivity index (χ1v) is 9.10. The van der Waals surface area contributed by atoms with Crippen LogP contribution in [0.25, 0.3) is 5.76 Å². The number of benzene rings is 2. The number of aryl methyl sites for hydroxylation is 1. The van der Waals surface area contributed by atoms with Gasteiger partial charge in [0, 0.05) is 19.2 Å². The zero-order valence-electron chi connectivity index (χ0n) is 16.5. The van der Waals surface area contributed by atoms with Gasteiger partial charge in [-0.15, -0.1) is 0 Å². The minimum atomic E-state index is -0.834. The molecule has 1 unspecified atom stereocenters. The number of rotatable bonds is 6. The van der Waals surface area contributed by atoms with Crippen LogP contribution >= 0.6 is 0 Å². The highest BCUT2D eigenvalue weighted by atomic mass is 16.5. The normalized spacial score (nSPS) is 18.3. The van der Waals surface area contributed by atoms with Gasteiger partial charge in [0.2, 0.25) is 0 Å². The van der Waals surface area contributed by atoms with E-state index in [-0.39, 0.29) is 30.2 Å². The summed E-state index contributed by atoms with van der Waals surface area (Å²) in [6.07, 6.45) is 0. The van der Waals surface area contributed by atoms with Crippen molar-refractivity contribution in [3.63, 3.8) is 0 Å². The van der Waals surface area contributed by atoms with Gasteiger partial charge in [-0.1, -0.05) is 12.1 Å². The molecule has 152 valence electrons. The number of ketones is 1. The third kappa shape index (κ3) is 3.82. The molecule has 1 fully saturated rings. The molecule has 1 aliphatic heterocycles. The molecule has 0 saturated carbocycles. The molecule has 1 saturated heterocycles. The third-order valence-corrected chi connectivity index (χ3v) is 4.95. The lowest BCUT2D eigenvalue weighted by molar-refractivity contribution is -0.140. The Morgan fingerprint density at radius 1 is 1.14 bits per heavy atom. The van der Waals surface area contributed by atoms with Crippen LogP contribution in [-0.2, 0) is 14.3 Å².